The van der Waals surface area contributed by atoms with E-state index in [0.717, 1.165) is 29.7 Å². The number of anilines is 1. The average molecular weight is 388 g/mol. The van der Waals surface area contributed by atoms with Gasteiger partial charge in [0.1, 0.15) is 16.5 Å². The fourth-order valence-electron chi connectivity index (χ4n) is 3.46. The first-order chi connectivity index (χ1) is 12.9. The summed E-state index contributed by atoms with van der Waals surface area (Å²) in [4.78, 5) is 25.8. The molecule has 0 fully saturated rings. The Labute approximate surface area is 162 Å². The second-order valence-electron chi connectivity index (χ2n) is 6.82. The van der Waals surface area contributed by atoms with Crippen molar-refractivity contribution in [3.63, 3.8) is 0 Å². The van der Waals surface area contributed by atoms with Gasteiger partial charge >= 0.3 is 0 Å². The third-order valence-corrected chi connectivity index (χ3v) is 6.02. The minimum atomic E-state index is -0.490. The van der Waals surface area contributed by atoms with Crippen LogP contribution in [0.4, 0.5) is 5.00 Å². The lowest BCUT2D eigenvalue weighted by Crippen LogP contribution is -2.20. The van der Waals surface area contributed by atoms with Crippen LogP contribution in [0.2, 0.25) is 0 Å². The van der Waals surface area contributed by atoms with Gasteiger partial charge in [-0.05, 0) is 48.9 Å². The molecule has 1 aliphatic carbocycles. The largest absolute Gasteiger partial charge is 0.497 e. The lowest BCUT2D eigenvalue weighted by molar-refractivity contribution is -0.115. The summed E-state index contributed by atoms with van der Waals surface area (Å²) in [7, 11) is 3.13. The quantitative estimate of drug-likeness (QED) is 0.795. The molecule has 3 rings (SSSR count). The van der Waals surface area contributed by atoms with Crippen LogP contribution in [0, 0.1) is 5.92 Å². The monoisotopic (exact) mass is 388 g/mol. The summed E-state index contributed by atoms with van der Waals surface area (Å²) in [6.07, 6.45) is 2.88. The van der Waals surface area contributed by atoms with Crippen LogP contribution in [0.3, 0.4) is 0 Å². The van der Waals surface area contributed by atoms with E-state index in [0.29, 0.717) is 33.5 Å². The highest BCUT2D eigenvalue weighted by atomic mass is 32.1. The summed E-state index contributed by atoms with van der Waals surface area (Å²) >= 11 is 1.46. The fraction of sp³-hybridized carbons (Fsp3) is 0.400. The summed E-state index contributed by atoms with van der Waals surface area (Å²) in [5.74, 6) is 1.12. The Morgan fingerprint density at radius 1 is 1.30 bits per heavy atom. The molecule has 1 unspecified atom stereocenters. The molecule has 0 radical (unpaired) electrons. The summed E-state index contributed by atoms with van der Waals surface area (Å²) in [6.45, 7) is 2.19. The van der Waals surface area contributed by atoms with Crippen LogP contribution in [0.1, 0.15) is 39.7 Å². The summed E-state index contributed by atoms with van der Waals surface area (Å²) < 4.78 is 10.6. The van der Waals surface area contributed by atoms with Crippen molar-refractivity contribution in [3.05, 3.63) is 39.8 Å². The highest BCUT2D eigenvalue weighted by molar-refractivity contribution is 7.17. The number of fused-ring (bicyclic) bond motifs is 1. The van der Waals surface area contributed by atoms with Gasteiger partial charge in [0, 0.05) is 10.4 Å². The SMILES string of the molecule is COc1ccc(OC)c(CC(=O)Nc2sc3c(c2C(N)=O)CCC(C)C3)c1. The number of methoxy groups -OCH3 is 2. The number of ether oxygens (including phenoxy) is 2. The third-order valence-electron chi connectivity index (χ3n) is 4.85. The zero-order chi connectivity index (χ0) is 19.6. The van der Waals surface area contributed by atoms with Crippen molar-refractivity contribution < 1.29 is 19.1 Å². The zero-order valence-electron chi connectivity index (χ0n) is 15.8. The molecule has 1 aromatic carbocycles. The number of rotatable bonds is 6. The number of carbonyl (C=O) groups is 2. The lowest BCUT2D eigenvalue weighted by atomic mass is 9.88. The number of carbonyl (C=O) groups excluding carboxylic acids is 2. The molecule has 27 heavy (non-hydrogen) atoms. The molecule has 0 saturated carbocycles. The van der Waals surface area contributed by atoms with Gasteiger partial charge < -0.3 is 20.5 Å². The molecule has 6 nitrogen and oxygen atoms in total. The second kappa shape index (κ2) is 8.00. The molecule has 2 amide bonds. The Morgan fingerprint density at radius 2 is 2.07 bits per heavy atom. The molecule has 1 aliphatic rings. The highest BCUT2D eigenvalue weighted by Crippen LogP contribution is 2.39. The van der Waals surface area contributed by atoms with Gasteiger partial charge in [0.25, 0.3) is 5.91 Å². The number of hydrogen-bond donors (Lipinski definition) is 2. The van der Waals surface area contributed by atoms with Crippen molar-refractivity contribution in [1.82, 2.24) is 0 Å². The summed E-state index contributed by atoms with van der Waals surface area (Å²) in [6, 6.07) is 5.32. The maximum absolute atomic E-state index is 12.6. The van der Waals surface area contributed by atoms with Crippen LogP contribution >= 0.6 is 11.3 Å². The van der Waals surface area contributed by atoms with Crippen molar-refractivity contribution >= 4 is 28.2 Å². The van der Waals surface area contributed by atoms with Crippen LogP contribution in [0.25, 0.3) is 0 Å². The molecule has 0 spiro atoms. The maximum Gasteiger partial charge on any atom is 0.251 e. The van der Waals surface area contributed by atoms with E-state index >= 15 is 0 Å². The van der Waals surface area contributed by atoms with Gasteiger partial charge in [-0.2, -0.15) is 0 Å². The Morgan fingerprint density at radius 3 is 2.74 bits per heavy atom. The standard InChI is InChI=1S/C20H24N2O4S/c1-11-4-6-14-16(8-11)27-20(18(14)19(21)24)22-17(23)10-12-9-13(25-2)5-7-15(12)26-3/h5,7,9,11H,4,6,8,10H2,1-3H3,(H2,21,24)(H,22,23). The fourth-order valence-corrected chi connectivity index (χ4v) is 4.90. The lowest BCUT2D eigenvalue weighted by Gasteiger charge is -2.18. The molecule has 3 N–H and O–H groups in total. The van der Waals surface area contributed by atoms with Gasteiger partial charge in [-0.15, -0.1) is 11.3 Å². The molecule has 0 bridgehead atoms. The predicted octanol–water partition coefficient (Wildman–Crippen LogP) is 3.17. The van der Waals surface area contributed by atoms with Gasteiger partial charge in [0.05, 0.1) is 26.2 Å². The number of benzene rings is 1. The van der Waals surface area contributed by atoms with Crippen molar-refractivity contribution in [3.8, 4) is 11.5 Å². The number of amides is 2. The number of nitrogens with one attached hydrogen (secondary N) is 1. The molecule has 1 heterocycles. The molecule has 1 atom stereocenters. The minimum absolute atomic E-state index is 0.109. The van der Waals surface area contributed by atoms with Crippen molar-refractivity contribution in [2.45, 2.75) is 32.6 Å². The van der Waals surface area contributed by atoms with Gasteiger partial charge in [-0.1, -0.05) is 6.92 Å². The first kappa shape index (κ1) is 19.2. The third kappa shape index (κ3) is 4.08. The van der Waals surface area contributed by atoms with E-state index in [2.05, 4.69) is 12.2 Å². The van der Waals surface area contributed by atoms with Gasteiger partial charge in [-0.3, -0.25) is 9.59 Å². The van der Waals surface area contributed by atoms with Crippen LogP contribution in [0.15, 0.2) is 18.2 Å². The maximum atomic E-state index is 12.6. The van der Waals surface area contributed by atoms with E-state index in [9.17, 15) is 9.59 Å². The number of primary amides is 1. The van der Waals surface area contributed by atoms with E-state index in [1.165, 1.54) is 11.3 Å². The van der Waals surface area contributed by atoms with Gasteiger partial charge in [-0.25, -0.2) is 0 Å². The Bertz CT molecular complexity index is 875. The smallest absolute Gasteiger partial charge is 0.251 e. The number of nitrogens with two attached hydrogens (primary N) is 1. The zero-order valence-corrected chi connectivity index (χ0v) is 16.6. The van der Waals surface area contributed by atoms with E-state index in [-0.39, 0.29) is 12.3 Å². The molecular formula is C20H24N2O4S. The second-order valence-corrected chi connectivity index (χ2v) is 7.93. The van der Waals surface area contributed by atoms with E-state index in [1.54, 1.807) is 32.4 Å². The number of hydrogen-bond acceptors (Lipinski definition) is 5. The predicted molar refractivity (Wildman–Crippen MR) is 106 cm³/mol. The van der Waals surface area contributed by atoms with E-state index in [4.69, 9.17) is 15.2 Å². The Kier molecular flexibility index (Phi) is 5.70. The number of thiophene rings is 1. The van der Waals surface area contributed by atoms with Crippen molar-refractivity contribution in [2.24, 2.45) is 11.7 Å². The van der Waals surface area contributed by atoms with Gasteiger partial charge in [0.2, 0.25) is 5.91 Å². The summed E-state index contributed by atoms with van der Waals surface area (Å²) in [5.41, 5.74) is 7.79. The van der Waals surface area contributed by atoms with Gasteiger partial charge in [0.15, 0.2) is 0 Å². The minimum Gasteiger partial charge on any atom is -0.497 e. The average Bonchev–Trinajstić information content (AvgIpc) is 2.98. The van der Waals surface area contributed by atoms with E-state index in [1.807, 2.05) is 0 Å². The molecule has 2 aromatic rings. The van der Waals surface area contributed by atoms with Crippen LogP contribution < -0.4 is 20.5 Å². The van der Waals surface area contributed by atoms with E-state index < -0.39 is 5.91 Å². The molecule has 7 heteroatoms. The Balaban J connectivity index is 1.84. The van der Waals surface area contributed by atoms with Crippen molar-refractivity contribution in [2.75, 3.05) is 19.5 Å². The Hall–Kier alpha value is -2.54. The first-order valence-electron chi connectivity index (χ1n) is 8.88. The molecule has 0 aliphatic heterocycles. The van der Waals surface area contributed by atoms with Crippen molar-refractivity contribution in [1.29, 1.82) is 0 Å². The first-order valence-corrected chi connectivity index (χ1v) is 9.69. The molecule has 1 aromatic heterocycles. The molecular weight excluding hydrogens is 364 g/mol. The molecule has 0 saturated heterocycles. The summed E-state index contributed by atoms with van der Waals surface area (Å²) in [5, 5.41) is 3.43. The van der Waals surface area contributed by atoms with Crippen LogP contribution in [-0.4, -0.2) is 26.0 Å². The topological polar surface area (TPSA) is 90.7 Å². The van der Waals surface area contributed by atoms with Crippen LogP contribution in [-0.2, 0) is 24.1 Å². The highest BCUT2D eigenvalue weighted by Gasteiger charge is 2.27. The van der Waals surface area contributed by atoms with Crippen LogP contribution in [0.5, 0.6) is 11.5 Å². The molecule has 144 valence electrons. The normalized spacial score (nSPS) is 15.7.